The Balaban J connectivity index is 2.07. The predicted molar refractivity (Wildman–Crippen MR) is 142 cm³/mol. The van der Waals surface area contributed by atoms with Gasteiger partial charge in [-0.25, -0.2) is 4.79 Å². The fourth-order valence-corrected chi connectivity index (χ4v) is 3.74. The molecule has 0 saturated carbocycles. The monoisotopic (exact) mass is 527 g/mol. The van der Waals surface area contributed by atoms with E-state index in [1.54, 1.807) is 12.1 Å². The first-order chi connectivity index (χ1) is 18.1. The molecule has 4 unspecified atom stereocenters. The van der Waals surface area contributed by atoms with E-state index in [4.69, 9.17) is 11.5 Å². The number of unbranched alkanes of at least 4 members (excludes halogenated alkanes) is 1. The fourth-order valence-electron chi connectivity index (χ4n) is 3.74. The number of nitrogens with two attached hydrogens (primary N) is 2. The second kappa shape index (κ2) is 15.3. The van der Waals surface area contributed by atoms with Crippen LogP contribution in [0.4, 0.5) is 0 Å². The Morgan fingerprint density at radius 3 is 2.00 bits per heavy atom. The number of phenolic OH excluding ortho intramolecular Hbond substituents is 1. The maximum atomic E-state index is 13.1. The number of carbonyl (C=O) groups is 4. The number of hydrogen-bond donors (Lipinski definition) is 7. The molecule has 0 radical (unpaired) electrons. The van der Waals surface area contributed by atoms with E-state index in [9.17, 15) is 29.4 Å². The molecule has 206 valence electrons. The highest BCUT2D eigenvalue weighted by atomic mass is 16.4. The largest absolute Gasteiger partial charge is 0.508 e. The van der Waals surface area contributed by atoms with Crippen LogP contribution in [0.3, 0.4) is 0 Å². The van der Waals surface area contributed by atoms with E-state index in [1.165, 1.54) is 19.1 Å². The van der Waals surface area contributed by atoms with Gasteiger partial charge in [0.2, 0.25) is 17.7 Å². The molecule has 2 aromatic rings. The number of carboxylic acids is 1. The molecular weight excluding hydrogens is 490 g/mol. The van der Waals surface area contributed by atoms with Crippen molar-refractivity contribution in [3.05, 3.63) is 65.7 Å². The molecular formula is C27H37N5O6. The zero-order valence-electron chi connectivity index (χ0n) is 21.4. The zero-order valence-corrected chi connectivity index (χ0v) is 21.4. The van der Waals surface area contributed by atoms with Crippen molar-refractivity contribution >= 4 is 23.7 Å². The van der Waals surface area contributed by atoms with E-state index in [1.807, 2.05) is 30.3 Å². The van der Waals surface area contributed by atoms with Crippen molar-refractivity contribution in [3.63, 3.8) is 0 Å². The summed E-state index contributed by atoms with van der Waals surface area (Å²) in [4.78, 5) is 50.2. The Labute approximate surface area is 222 Å². The van der Waals surface area contributed by atoms with Gasteiger partial charge in [-0.2, -0.15) is 0 Å². The molecule has 0 bridgehead atoms. The number of rotatable bonds is 15. The highest BCUT2D eigenvalue weighted by molar-refractivity contribution is 5.94. The summed E-state index contributed by atoms with van der Waals surface area (Å²) in [5.41, 5.74) is 13.0. The molecule has 2 rings (SSSR count). The molecule has 0 aliphatic heterocycles. The predicted octanol–water partition coefficient (Wildman–Crippen LogP) is 0.193. The fraction of sp³-hybridized carbons (Fsp3) is 0.407. The highest BCUT2D eigenvalue weighted by Gasteiger charge is 2.29. The number of aliphatic carboxylic acids is 1. The molecule has 0 spiro atoms. The third-order valence-electron chi connectivity index (χ3n) is 5.96. The van der Waals surface area contributed by atoms with Crippen molar-refractivity contribution < 1.29 is 29.4 Å². The second-order valence-electron chi connectivity index (χ2n) is 9.14. The first kappa shape index (κ1) is 30.3. The lowest BCUT2D eigenvalue weighted by Gasteiger charge is -2.24. The summed E-state index contributed by atoms with van der Waals surface area (Å²) < 4.78 is 0. The van der Waals surface area contributed by atoms with Crippen LogP contribution < -0.4 is 27.4 Å². The molecule has 0 fully saturated rings. The van der Waals surface area contributed by atoms with E-state index in [0.29, 0.717) is 24.9 Å². The average Bonchev–Trinajstić information content (AvgIpc) is 2.89. The lowest BCUT2D eigenvalue weighted by molar-refractivity contribution is -0.142. The van der Waals surface area contributed by atoms with Gasteiger partial charge in [0.15, 0.2) is 0 Å². The minimum Gasteiger partial charge on any atom is -0.508 e. The summed E-state index contributed by atoms with van der Waals surface area (Å²) in [5, 5.41) is 26.7. The summed E-state index contributed by atoms with van der Waals surface area (Å²) in [6.45, 7) is 1.86. The maximum Gasteiger partial charge on any atom is 0.326 e. The van der Waals surface area contributed by atoms with E-state index < -0.39 is 47.9 Å². The molecule has 11 heteroatoms. The Morgan fingerprint density at radius 1 is 0.789 bits per heavy atom. The third-order valence-corrected chi connectivity index (χ3v) is 5.96. The van der Waals surface area contributed by atoms with Crippen LogP contribution in [-0.2, 0) is 32.0 Å². The maximum absolute atomic E-state index is 13.1. The van der Waals surface area contributed by atoms with Crippen molar-refractivity contribution in [1.29, 1.82) is 0 Å². The molecule has 0 aliphatic carbocycles. The lowest BCUT2D eigenvalue weighted by Crippen LogP contribution is -2.57. The van der Waals surface area contributed by atoms with E-state index in [0.717, 1.165) is 5.56 Å². The molecule has 0 aliphatic rings. The van der Waals surface area contributed by atoms with Crippen LogP contribution in [0.1, 0.15) is 37.3 Å². The van der Waals surface area contributed by atoms with Gasteiger partial charge in [-0.05, 0) is 62.4 Å². The number of amides is 3. The summed E-state index contributed by atoms with van der Waals surface area (Å²) >= 11 is 0. The van der Waals surface area contributed by atoms with Gasteiger partial charge in [0, 0.05) is 6.42 Å². The minimum absolute atomic E-state index is 0.0289. The first-order valence-electron chi connectivity index (χ1n) is 12.5. The van der Waals surface area contributed by atoms with Crippen LogP contribution in [0.15, 0.2) is 54.6 Å². The van der Waals surface area contributed by atoms with Gasteiger partial charge in [-0.3, -0.25) is 14.4 Å². The van der Waals surface area contributed by atoms with Gasteiger partial charge in [0.1, 0.15) is 23.9 Å². The van der Waals surface area contributed by atoms with Crippen molar-refractivity contribution in [3.8, 4) is 5.75 Å². The number of hydrogen-bond acceptors (Lipinski definition) is 7. The van der Waals surface area contributed by atoms with Gasteiger partial charge in [-0.15, -0.1) is 0 Å². The third kappa shape index (κ3) is 10.2. The van der Waals surface area contributed by atoms with Crippen LogP contribution in [0.25, 0.3) is 0 Å². The average molecular weight is 528 g/mol. The van der Waals surface area contributed by atoms with E-state index in [2.05, 4.69) is 16.0 Å². The molecule has 11 nitrogen and oxygen atoms in total. The van der Waals surface area contributed by atoms with Crippen molar-refractivity contribution in [1.82, 2.24) is 16.0 Å². The van der Waals surface area contributed by atoms with Crippen LogP contribution >= 0.6 is 0 Å². The van der Waals surface area contributed by atoms with Crippen LogP contribution in [0.2, 0.25) is 0 Å². The van der Waals surface area contributed by atoms with Crippen LogP contribution in [0, 0.1) is 0 Å². The number of benzene rings is 2. The SMILES string of the molecule is CC(NC(=O)C(N)Cc1ccccc1)C(=O)NC(Cc1ccc(O)cc1)C(=O)NC(CCCCN)C(=O)O. The van der Waals surface area contributed by atoms with Crippen molar-refractivity contribution in [2.24, 2.45) is 11.5 Å². The summed E-state index contributed by atoms with van der Waals surface area (Å²) in [7, 11) is 0. The van der Waals surface area contributed by atoms with Gasteiger partial charge in [0.05, 0.1) is 6.04 Å². The molecule has 38 heavy (non-hydrogen) atoms. The van der Waals surface area contributed by atoms with Crippen molar-refractivity contribution in [2.45, 2.75) is 63.2 Å². The summed E-state index contributed by atoms with van der Waals surface area (Å²) in [6.07, 6.45) is 1.62. The number of carboxylic acid groups (broad SMARTS) is 1. The molecule has 0 heterocycles. The molecule has 4 atom stereocenters. The summed E-state index contributed by atoms with van der Waals surface area (Å²) in [5.74, 6) is -3.02. The number of nitrogens with one attached hydrogen (secondary N) is 3. The molecule has 0 aromatic heterocycles. The topological polar surface area (TPSA) is 197 Å². The van der Waals surface area contributed by atoms with Crippen LogP contribution in [0.5, 0.6) is 5.75 Å². The molecule has 3 amide bonds. The van der Waals surface area contributed by atoms with Gasteiger partial charge < -0.3 is 37.6 Å². The lowest BCUT2D eigenvalue weighted by atomic mass is 10.0. The molecule has 0 saturated heterocycles. The molecule has 2 aromatic carbocycles. The Morgan fingerprint density at radius 2 is 1.39 bits per heavy atom. The number of carbonyl (C=O) groups excluding carboxylic acids is 3. The quantitative estimate of drug-likeness (QED) is 0.159. The number of aromatic hydroxyl groups is 1. The van der Waals surface area contributed by atoms with E-state index >= 15 is 0 Å². The zero-order chi connectivity index (χ0) is 28.1. The smallest absolute Gasteiger partial charge is 0.326 e. The standard InChI is InChI=1S/C27H37N5O6/c1-17(30-25(35)21(29)15-18-7-3-2-4-8-18)24(34)32-23(16-19-10-12-20(33)13-11-19)26(36)31-22(27(37)38)9-5-6-14-28/h2-4,7-8,10-13,17,21-23,33H,5-6,9,14-16,28-29H2,1H3,(H,30,35)(H,31,36)(H,32,34)(H,37,38). The Hall–Kier alpha value is -3.96. The molecule has 9 N–H and O–H groups in total. The van der Waals surface area contributed by atoms with Crippen LogP contribution in [-0.4, -0.2) is 64.6 Å². The summed E-state index contributed by atoms with van der Waals surface area (Å²) in [6, 6.07) is 11.1. The first-order valence-corrected chi connectivity index (χ1v) is 12.5. The Kier molecular flexibility index (Phi) is 12.2. The normalized spacial score (nSPS) is 14.0. The second-order valence-corrected chi connectivity index (χ2v) is 9.14. The Bertz CT molecular complexity index is 1060. The van der Waals surface area contributed by atoms with Gasteiger partial charge in [0.25, 0.3) is 0 Å². The van der Waals surface area contributed by atoms with Gasteiger partial charge >= 0.3 is 5.97 Å². The van der Waals surface area contributed by atoms with Gasteiger partial charge in [-0.1, -0.05) is 42.5 Å². The highest BCUT2D eigenvalue weighted by Crippen LogP contribution is 2.12. The number of phenols is 1. The minimum atomic E-state index is -1.20. The van der Waals surface area contributed by atoms with Crippen molar-refractivity contribution in [2.75, 3.05) is 6.54 Å². The van der Waals surface area contributed by atoms with E-state index in [-0.39, 0.29) is 25.0 Å².